The van der Waals surface area contributed by atoms with Crippen LogP contribution >= 0.6 is 0 Å². The van der Waals surface area contributed by atoms with Gasteiger partial charge >= 0.3 is 6.18 Å². The molecule has 2 N–H and O–H groups in total. The van der Waals surface area contributed by atoms with E-state index in [9.17, 15) is 13.2 Å². The second-order valence-corrected chi connectivity index (χ2v) is 6.33. The van der Waals surface area contributed by atoms with Crippen LogP contribution in [0.4, 0.5) is 13.2 Å². The topological polar surface area (TPSA) is 54.9 Å². The van der Waals surface area contributed by atoms with Crippen LogP contribution in [0.15, 0.2) is 29.3 Å². The fourth-order valence-corrected chi connectivity index (χ4v) is 3.21. The molecule has 3 rings (SSSR count). The lowest BCUT2D eigenvalue weighted by Gasteiger charge is -2.22. The fraction of sp³-hybridized carbons (Fsp3) is 0.588. The van der Waals surface area contributed by atoms with Gasteiger partial charge in [0.2, 0.25) is 0 Å². The molecule has 2 heterocycles. The van der Waals surface area contributed by atoms with Crippen molar-refractivity contribution < 1.29 is 22.6 Å². The quantitative estimate of drug-likeness (QED) is 0.628. The number of ether oxygens (including phenoxy) is 2. The van der Waals surface area contributed by atoms with Crippen molar-refractivity contribution in [1.82, 2.24) is 10.6 Å². The number of nitrogens with one attached hydrogen (secondary N) is 2. The van der Waals surface area contributed by atoms with Crippen molar-refractivity contribution in [3.8, 4) is 5.75 Å². The first kappa shape index (κ1) is 17.8. The van der Waals surface area contributed by atoms with Crippen LogP contribution in [0.5, 0.6) is 5.75 Å². The van der Waals surface area contributed by atoms with E-state index in [0.717, 1.165) is 24.8 Å². The van der Waals surface area contributed by atoms with Gasteiger partial charge in [0.25, 0.3) is 0 Å². The predicted octanol–water partition coefficient (Wildman–Crippen LogP) is 2.61. The van der Waals surface area contributed by atoms with Crippen LogP contribution in [0.3, 0.4) is 0 Å². The van der Waals surface area contributed by atoms with Gasteiger partial charge in [0.1, 0.15) is 5.75 Å². The zero-order chi connectivity index (χ0) is 17.9. The average Bonchev–Trinajstić information content (AvgIpc) is 3.20. The van der Waals surface area contributed by atoms with Gasteiger partial charge in [-0.1, -0.05) is 12.1 Å². The summed E-state index contributed by atoms with van der Waals surface area (Å²) in [5, 5.41) is 6.59. The van der Waals surface area contributed by atoms with Crippen LogP contribution in [0, 0.1) is 0 Å². The Morgan fingerprint density at radius 1 is 1.28 bits per heavy atom. The summed E-state index contributed by atoms with van der Waals surface area (Å²) >= 11 is 0. The number of nitrogens with zero attached hydrogens (tertiary/aromatic N) is 1. The first-order valence-corrected chi connectivity index (χ1v) is 8.34. The van der Waals surface area contributed by atoms with Gasteiger partial charge in [-0.3, -0.25) is 4.99 Å². The van der Waals surface area contributed by atoms with E-state index in [2.05, 4.69) is 15.6 Å². The number of guanidine groups is 1. The summed E-state index contributed by atoms with van der Waals surface area (Å²) < 4.78 is 46.9. The van der Waals surface area contributed by atoms with Crippen LogP contribution < -0.4 is 15.4 Å². The number of halogens is 3. The largest absolute Gasteiger partial charge is 0.484 e. The van der Waals surface area contributed by atoms with Gasteiger partial charge in [0.15, 0.2) is 12.6 Å². The third-order valence-corrected chi connectivity index (χ3v) is 4.44. The molecule has 3 unspecified atom stereocenters. The Morgan fingerprint density at radius 2 is 2.04 bits per heavy atom. The van der Waals surface area contributed by atoms with Crippen molar-refractivity contribution in [2.45, 2.75) is 50.2 Å². The highest BCUT2D eigenvalue weighted by atomic mass is 19.4. The van der Waals surface area contributed by atoms with Crippen molar-refractivity contribution in [3.63, 3.8) is 0 Å². The second-order valence-electron chi connectivity index (χ2n) is 6.33. The Kier molecular flexibility index (Phi) is 5.36. The van der Waals surface area contributed by atoms with E-state index in [4.69, 9.17) is 9.47 Å². The number of hydrogen-bond acceptors (Lipinski definition) is 3. The molecular formula is C17H22F3N3O2. The molecule has 2 bridgehead atoms. The standard InChI is InChI=1S/C17H22F3N3O2/c1-21-16(23-14-8-13-6-7-15(14)25-13)22-9-11-2-4-12(5-3-11)24-10-17(18,19)20/h2-5,13-15H,6-10H2,1H3,(H2,21,22,23). The molecule has 138 valence electrons. The summed E-state index contributed by atoms with van der Waals surface area (Å²) in [6, 6.07) is 6.80. The molecule has 1 aromatic carbocycles. The highest BCUT2D eigenvalue weighted by molar-refractivity contribution is 5.80. The molecule has 3 atom stereocenters. The number of hydrogen-bond donors (Lipinski definition) is 2. The van der Waals surface area contributed by atoms with E-state index in [1.165, 1.54) is 12.1 Å². The summed E-state index contributed by atoms with van der Waals surface area (Å²) in [6.07, 6.45) is -0.493. The zero-order valence-corrected chi connectivity index (χ0v) is 14.0. The Hall–Kier alpha value is -1.96. The van der Waals surface area contributed by atoms with Crippen LogP contribution in [-0.4, -0.2) is 44.0 Å². The maximum absolute atomic E-state index is 12.1. The summed E-state index contributed by atoms with van der Waals surface area (Å²) in [7, 11) is 1.71. The summed E-state index contributed by atoms with van der Waals surface area (Å²) in [5.74, 6) is 0.890. The van der Waals surface area contributed by atoms with E-state index in [1.54, 1.807) is 19.2 Å². The van der Waals surface area contributed by atoms with Crippen molar-refractivity contribution in [3.05, 3.63) is 29.8 Å². The van der Waals surface area contributed by atoms with E-state index in [0.29, 0.717) is 18.6 Å². The minimum Gasteiger partial charge on any atom is -0.484 e. The molecule has 8 heteroatoms. The van der Waals surface area contributed by atoms with Crippen LogP contribution in [0.1, 0.15) is 24.8 Å². The van der Waals surface area contributed by atoms with Crippen LogP contribution in [-0.2, 0) is 11.3 Å². The summed E-state index contributed by atoms with van der Waals surface area (Å²) in [5.41, 5.74) is 0.923. The van der Waals surface area contributed by atoms with Crippen LogP contribution in [0.2, 0.25) is 0 Å². The molecule has 0 spiro atoms. The summed E-state index contributed by atoms with van der Waals surface area (Å²) in [6.45, 7) is -0.770. The minimum absolute atomic E-state index is 0.197. The molecule has 0 amide bonds. The fourth-order valence-electron chi connectivity index (χ4n) is 3.21. The number of benzene rings is 1. The normalized spacial score (nSPS) is 25.9. The zero-order valence-electron chi connectivity index (χ0n) is 14.0. The molecule has 2 saturated heterocycles. The highest BCUT2D eigenvalue weighted by Gasteiger charge is 2.41. The Balaban J connectivity index is 1.45. The SMILES string of the molecule is CN=C(NCc1ccc(OCC(F)(F)F)cc1)NC1CC2CCC1O2. The third-order valence-electron chi connectivity index (χ3n) is 4.44. The monoisotopic (exact) mass is 357 g/mol. The van der Waals surface area contributed by atoms with E-state index in [1.807, 2.05) is 0 Å². The number of aliphatic imine (C=N–C) groups is 1. The molecule has 5 nitrogen and oxygen atoms in total. The van der Waals surface area contributed by atoms with Gasteiger partial charge in [-0.25, -0.2) is 0 Å². The smallest absolute Gasteiger partial charge is 0.422 e. The maximum Gasteiger partial charge on any atom is 0.422 e. The van der Waals surface area contributed by atoms with Gasteiger partial charge in [-0.2, -0.15) is 13.2 Å². The van der Waals surface area contributed by atoms with Crippen molar-refractivity contribution in [2.75, 3.05) is 13.7 Å². The van der Waals surface area contributed by atoms with E-state index in [-0.39, 0.29) is 17.9 Å². The highest BCUT2D eigenvalue weighted by Crippen LogP contribution is 2.34. The van der Waals surface area contributed by atoms with Crippen molar-refractivity contribution >= 4 is 5.96 Å². The molecule has 2 aliphatic heterocycles. The van der Waals surface area contributed by atoms with Crippen molar-refractivity contribution in [1.29, 1.82) is 0 Å². The molecule has 2 fully saturated rings. The van der Waals surface area contributed by atoms with Gasteiger partial charge in [-0.15, -0.1) is 0 Å². The summed E-state index contributed by atoms with van der Waals surface area (Å²) in [4.78, 5) is 4.21. The first-order valence-electron chi connectivity index (χ1n) is 8.34. The minimum atomic E-state index is -4.33. The second kappa shape index (κ2) is 7.51. The van der Waals surface area contributed by atoms with Gasteiger partial charge in [0.05, 0.1) is 18.2 Å². The van der Waals surface area contributed by atoms with Gasteiger partial charge in [0, 0.05) is 13.6 Å². The van der Waals surface area contributed by atoms with Crippen LogP contribution in [0.25, 0.3) is 0 Å². The number of rotatable bonds is 5. The van der Waals surface area contributed by atoms with E-state index < -0.39 is 12.8 Å². The average molecular weight is 357 g/mol. The number of fused-ring (bicyclic) bond motifs is 2. The number of alkyl halides is 3. The lowest BCUT2D eigenvalue weighted by Crippen LogP contribution is -2.47. The van der Waals surface area contributed by atoms with Gasteiger partial charge in [-0.05, 0) is 37.0 Å². The lowest BCUT2D eigenvalue weighted by atomic mass is 9.96. The van der Waals surface area contributed by atoms with E-state index >= 15 is 0 Å². The Labute approximate surface area is 144 Å². The molecule has 0 radical (unpaired) electrons. The third kappa shape index (κ3) is 5.01. The molecule has 0 aliphatic carbocycles. The molecule has 1 aromatic rings. The van der Waals surface area contributed by atoms with Gasteiger partial charge < -0.3 is 20.1 Å². The Morgan fingerprint density at radius 3 is 2.60 bits per heavy atom. The maximum atomic E-state index is 12.1. The predicted molar refractivity (Wildman–Crippen MR) is 87.6 cm³/mol. The molecule has 0 saturated carbocycles. The lowest BCUT2D eigenvalue weighted by molar-refractivity contribution is -0.153. The van der Waals surface area contributed by atoms with Crippen molar-refractivity contribution in [2.24, 2.45) is 4.99 Å². The molecular weight excluding hydrogens is 335 g/mol. The molecule has 25 heavy (non-hydrogen) atoms. The Bertz CT molecular complexity index is 604. The first-order chi connectivity index (χ1) is 11.9. The molecule has 2 aliphatic rings. The molecule has 0 aromatic heterocycles.